The molecule has 1 aromatic carbocycles. The predicted octanol–water partition coefficient (Wildman–Crippen LogP) is 3.23. The van der Waals surface area contributed by atoms with Gasteiger partial charge in [-0.3, -0.25) is 10.1 Å². The van der Waals surface area contributed by atoms with Gasteiger partial charge in [-0.25, -0.2) is 4.98 Å². The molecule has 0 fully saturated rings. The first kappa shape index (κ1) is 16.9. The molecule has 122 valence electrons. The first-order valence-corrected chi connectivity index (χ1v) is 7.55. The Bertz CT molecular complexity index is 661. The summed E-state index contributed by atoms with van der Waals surface area (Å²) in [6, 6.07) is 12.2. The van der Waals surface area contributed by atoms with Gasteiger partial charge in [0, 0.05) is 24.7 Å². The number of hydrogen-bond donors (Lipinski definition) is 1. The Morgan fingerprint density at radius 1 is 1.35 bits per heavy atom. The van der Waals surface area contributed by atoms with Crippen molar-refractivity contribution < 1.29 is 4.92 Å². The zero-order chi connectivity index (χ0) is 16.8. The minimum atomic E-state index is -0.414. The van der Waals surface area contributed by atoms with Crippen LogP contribution >= 0.6 is 0 Å². The average molecular weight is 314 g/mol. The van der Waals surface area contributed by atoms with Gasteiger partial charge in [0.1, 0.15) is 12.0 Å². The van der Waals surface area contributed by atoms with Gasteiger partial charge in [0.05, 0.1) is 4.92 Å². The van der Waals surface area contributed by atoms with Crippen molar-refractivity contribution in [3.63, 3.8) is 0 Å². The highest BCUT2D eigenvalue weighted by Gasteiger charge is 2.13. The molecule has 0 aliphatic carbocycles. The van der Waals surface area contributed by atoms with Crippen LogP contribution in [0.1, 0.15) is 18.1 Å². The van der Waals surface area contributed by atoms with E-state index < -0.39 is 4.92 Å². The van der Waals surface area contributed by atoms with Crippen molar-refractivity contribution in [2.75, 3.05) is 18.9 Å². The maximum absolute atomic E-state index is 10.8. The number of rotatable bonds is 7. The molecule has 0 saturated heterocycles. The fourth-order valence-corrected chi connectivity index (χ4v) is 2.54. The standard InChI is InChI=1S/C17H22N4O2/c1-13-9-17(18-10-16(13)21(22)23)19-14(2)11-20(3)12-15-7-5-4-6-8-15/h4-10,14H,11-12H2,1-3H3,(H,18,19). The second kappa shape index (κ2) is 7.69. The Hall–Kier alpha value is -2.47. The van der Waals surface area contributed by atoms with Gasteiger partial charge in [-0.1, -0.05) is 30.3 Å². The van der Waals surface area contributed by atoms with Gasteiger partial charge in [0.15, 0.2) is 0 Å². The van der Waals surface area contributed by atoms with Crippen molar-refractivity contribution in [3.05, 3.63) is 63.8 Å². The van der Waals surface area contributed by atoms with Gasteiger partial charge in [0.2, 0.25) is 0 Å². The molecule has 1 N–H and O–H groups in total. The molecule has 0 radical (unpaired) electrons. The highest BCUT2D eigenvalue weighted by atomic mass is 16.6. The van der Waals surface area contributed by atoms with Crippen LogP contribution in [0.5, 0.6) is 0 Å². The van der Waals surface area contributed by atoms with Crippen LogP contribution in [-0.2, 0) is 6.54 Å². The molecular formula is C17H22N4O2. The van der Waals surface area contributed by atoms with Crippen LogP contribution in [0, 0.1) is 17.0 Å². The molecule has 0 amide bonds. The van der Waals surface area contributed by atoms with Crippen LogP contribution in [0.4, 0.5) is 11.5 Å². The van der Waals surface area contributed by atoms with E-state index in [-0.39, 0.29) is 11.7 Å². The maximum Gasteiger partial charge on any atom is 0.290 e. The summed E-state index contributed by atoms with van der Waals surface area (Å²) in [5, 5.41) is 14.1. The molecule has 0 aliphatic rings. The van der Waals surface area contributed by atoms with Gasteiger partial charge in [-0.15, -0.1) is 0 Å². The molecule has 1 aromatic heterocycles. The number of nitrogens with one attached hydrogen (secondary N) is 1. The fourth-order valence-electron chi connectivity index (χ4n) is 2.54. The number of pyridine rings is 1. The summed E-state index contributed by atoms with van der Waals surface area (Å²) < 4.78 is 0. The van der Waals surface area contributed by atoms with E-state index in [4.69, 9.17) is 0 Å². The molecule has 0 bridgehead atoms. The highest BCUT2D eigenvalue weighted by Crippen LogP contribution is 2.19. The minimum absolute atomic E-state index is 0.0457. The third-order valence-corrected chi connectivity index (χ3v) is 3.55. The number of likely N-dealkylation sites (N-methyl/N-ethyl adjacent to an activating group) is 1. The lowest BCUT2D eigenvalue weighted by Crippen LogP contribution is -2.32. The molecule has 0 aliphatic heterocycles. The summed E-state index contributed by atoms with van der Waals surface area (Å²) in [6.07, 6.45) is 1.30. The molecule has 2 rings (SSSR count). The molecule has 6 nitrogen and oxygen atoms in total. The predicted molar refractivity (Wildman–Crippen MR) is 91.5 cm³/mol. The van der Waals surface area contributed by atoms with E-state index in [1.165, 1.54) is 11.8 Å². The molecule has 1 atom stereocenters. The van der Waals surface area contributed by atoms with Crippen LogP contribution in [0.2, 0.25) is 0 Å². The smallest absolute Gasteiger partial charge is 0.290 e. The molecule has 6 heteroatoms. The number of aromatic nitrogens is 1. The summed E-state index contributed by atoms with van der Waals surface area (Å²) in [5.74, 6) is 0.661. The topological polar surface area (TPSA) is 71.3 Å². The maximum atomic E-state index is 10.8. The first-order chi connectivity index (χ1) is 11.0. The van der Waals surface area contributed by atoms with Crippen molar-refractivity contribution in [1.82, 2.24) is 9.88 Å². The number of anilines is 1. The molecule has 0 spiro atoms. The minimum Gasteiger partial charge on any atom is -0.366 e. The van der Waals surface area contributed by atoms with Crippen molar-refractivity contribution in [3.8, 4) is 0 Å². The number of nitrogens with zero attached hydrogens (tertiary/aromatic N) is 3. The van der Waals surface area contributed by atoms with E-state index >= 15 is 0 Å². The van der Waals surface area contributed by atoms with Crippen molar-refractivity contribution in [2.24, 2.45) is 0 Å². The zero-order valence-corrected chi connectivity index (χ0v) is 13.7. The van der Waals surface area contributed by atoms with E-state index in [0.29, 0.717) is 11.4 Å². The normalized spacial score (nSPS) is 12.2. The van der Waals surface area contributed by atoms with E-state index in [1.54, 1.807) is 13.0 Å². The SMILES string of the molecule is Cc1cc(NC(C)CN(C)Cc2ccccc2)ncc1[N+](=O)[O-]. The van der Waals surface area contributed by atoms with E-state index in [1.807, 2.05) is 18.2 Å². The van der Waals surface area contributed by atoms with Crippen LogP contribution in [0.15, 0.2) is 42.6 Å². The lowest BCUT2D eigenvalue weighted by Gasteiger charge is -2.22. The number of benzene rings is 1. The largest absolute Gasteiger partial charge is 0.366 e. The Morgan fingerprint density at radius 3 is 2.65 bits per heavy atom. The van der Waals surface area contributed by atoms with E-state index in [2.05, 4.69) is 41.3 Å². The van der Waals surface area contributed by atoms with Crippen molar-refractivity contribution in [2.45, 2.75) is 26.4 Å². The summed E-state index contributed by atoms with van der Waals surface area (Å²) in [7, 11) is 2.07. The lowest BCUT2D eigenvalue weighted by molar-refractivity contribution is -0.385. The Morgan fingerprint density at radius 2 is 2.04 bits per heavy atom. The van der Waals surface area contributed by atoms with Crippen LogP contribution in [-0.4, -0.2) is 34.4 Å². The van der Waals surface area contributed by atoms with Crippen LogP contribution < -0.4 is 5.32 Å². The van der Waals surface area contributed by atoms with Crippen molar-refractivity contribution in [1.29, 1.82) is 0 Å². The first-order valence-electron chi connectivity index (χ1n) is 7.55. The molecule has 1 heterocycles. The van der Waals surface area contributed by atoms with E-state index in [0.717, 1.165) is 13.1 Å². The Labute approximate surface area is 136 Å². The van der Waals surface area contributed by atoms with Gasteiger partial charge in [-0.05, 0) is 32.5 Å². The van der Waals surface area contributed by atoms with Crippen LogP contribution in [0.3, 0.4) is 0 Å². The number of nitro groups is 1. The second-order valence-corrected chi connectivity index (χ2v) is 5.84. The number of hydrogen-bond acceptors (Lipinski definition) is 5. The Balaban J connectivity index is 1.90. The Kier molecular flexibility index (Phi) is 5.65. The average Bonchev–Trinajstić information content (AvgIpc) is 2.47. The van der Waals surface area contributed by atoms with Gasteiger partial charge in [0.25, 0.3) is 5.69 Å². The lowest BCUT2D eigenvalue weighted by atomic mass is 10.2. The quantitative estimate of drug-likeness (QED) is 0.627. The van der Waals surface area contributed by atoms with Crippen molar-refractivity contribution >= 4 is 11.5 Å². The summed E-state index contributed by atoms with van der Waals surface area (Å²) in [4.78, 5) is 16.7. The molecule has 1 unspecified atom stereocenters. The molecule has 2 aromatic rings. The highest BCUT2D eigenvalue weighted by molar-refractivity contribution is 5.47. The summed E-state index contributed by atoms with van der Waals surface area (Å²) >= 11 is 0. The summed E-state index contributed by atoms with van der Waals surface area (Å²) in [6.45, 7) is 5.50. The fraction of sp³-hybridized carbons (Fsp3) is 0.353. The van der Waals surface area contributed by atoms with Gasteiger partial charge >= 0.3 is 0 Å². The molecular weight excluding hydrogens is 292 g/mol. The summed E-state index contributed by atoms with van der Waals surface area (Å²) in [5.41, 5.74) is 1.92. The second-order valence-electron chi connectivity index (χ2n) is 5.84. The van der Waals surface area contributed by atoms with Crippen LogP contribution in [0.25, 0.3) is 0 Å². The van der Waals surface area contributed by atoms with E-state index in [9.17, 15) is 10.1 Å². The third kappa shape index (κ3) is 5.03. The number of aryl methyl sites for hydroxylation is 1. The third-order valence-electron chi connectivity index (χ3n) is 3.55. The monoisotopic (exact) mass is 314 g/mol. The molecule has 23 heavy (non-hydrogen) atoms. The van der Waals surface area contributed by atoms with Gasteiger partial charge in [-0.2, -0.15) is 0 Å². The zero-order valence-electron chi connectivity index (χ0n) is 13.7. The molecule has 0 saturated carbocycles. The van der Waals surface area contributed by atoms with Gasteiger partial charge < -0.3 is 10.2 Å².